The second kappa shape index (κ2) is 10.9. The molecule has 0 saturated carbocycles. The Labute approximate surface area is 206 Å². The van der Waals surface area contributed by atoms with Crippen molar-refractivity contribution < 1.29 is 17.9 Å². The molecule has 7 nitrogen and oxygen atoms in total. The van der Waals surface area contributed by atoms with Crippen LogP contribution in [0.1, 0.15) is 5.56 Å². The zero-order valence-corrected chi connectivity index (χ0v) is 20.3. The van der Waals surface area contributed by atoms with E-state index in [4.69, 9.17) is 39.5 Å². The molecule has 0 unspecified atom stereocenters. The first kappa shape index (κ1) is 24.9. The molecule has 0 aliphatic heterocycles. The molecule has 0 bridgehead atoms. The fourth-order valence-electron chi connectivity index (χ4n) is 2.81. The fraction of sp³-hybridized carbons (Fsp3) is 0.0909. The van der Waals surface area contributed by atoms with Crippen LogP contribution in [0.25, 0.3) is 0 Å². The topological polar surface area (TPSA) is 88.1 Å². The standard InChI is InChI=1S/C22H18Cl3N3O4S/c1-32-21-10-8-16(23)12-20(21)28(33(30,31)17-5-3-2-4-6-17)14-22(29)27-26-13-15-7-9-18(24)19(25)11-15/h2-13H,14H2,1H3,(H,27,29)/b26-13-. The van der Waals surface area contributed by atoms with Crippen molar-refractivity contribution in [1.82, 2.24) is 5.43 Å². The molecule has 11 heteroatoms. The average Bonchev–Trinajstić information content (AvgIpc) is 2.80. The molecule has 0 aliphatic rings. The van der Waals surface area contributed by atoms with Crippen LogP contribution in [0, 0.1) is 0 Å². The van der Waals surface area contributed by atoms with Gasteiger partial charge in [-0.3, -0.25) is 9.10 Å². The van der Waals surface area contributed by atoms with Crippen LogP contribution < -0.4 is 14.5 Å². The number of nitrogens with one attached hydrogen (secondary N) is 1. The predicted molar refractivity (Wildman–Crippen MR) is 131 cm³/mol. The van der Waals surface area contributed by atoms with Gasteiger partial charge in [-0.25, -0.2) is 13.8 Å². The van der Waals surface area contributed by atoms with Crippen molar-refractivity contribution in [2.75, 3.05) is 18.0 Å². The van der Waals surface area contributed by atoms with E-state index in [1.54, 1.807) is 42.5 Å². The summed E-state index contributed by atoms with van der Waals surface area (Å²) in [5, 5.41) is 4.86. The lowest BCUT2D eigenvalue weighted by molar-refractivity contribution is -0.119. The quantitative estimate of drug-likeness (QED) is 0.330. The Kier molecular flexibility index (Phi) is 8.20. The highest BCUT2D eigenvalue weighted by Gasteiger charge is 2.29. The number of hydrazone groups is 1. The molecule has 0 fully saturated rings. The van der Waals surface area contributed by atoms with E-state index >= 15 is 0 Å². The van der Waals surface area contributed by atoms with E-state index in [2.05, 4.69) is 10.5 Å². The van der Waals surface area contributed by atoms with Crippen molar-refractivity contribution in [2.24, 2.45) is 5.10 Å². The Balaban J connectivity index is 1.90. The number of carbonyl (C=O) groups excluding carboxylic acids is 1. The van der Waals surface area contributed by atoms with E-state index in [-0.39, 0.29) is 21.4 Å². The van der Waals surface area contributed by atoms with E-state index in [1.165, 1.54) is 37.6 Å². The van der Waals surface area contributed by atoms with Crippen LogP contribution in [-0.2, 0) is 14.8 Å². The predicted octanol–water partition coefficient (Wildman–Crippen LogP) is 5.00. The van der Waals surface area contributed by atoms with Gasteiger partial charge in [-0.15, -0.1) is 0 Å². The van der Waals surface area contributed by atoms with Gasteiger partial charge in [-0.2, -0.15) is 5.10 Å². The van der Waals surface area contributed by atoms with Crippen molar-refractivity contribution in [3.63, 3.8) is 0 Å². The number of hydrogen-bond donors (Lipinski definition) is 1. The van der Waals surface area contributed by atoms with Crippen LogP contribution in [-0.4, -0.2) is 34.2 Å². The van der Waals surface area contributed by atoms with E-state index < -0.39 is 22.5 Å². The maximum Gasteiger partial charge on any atom is 0.264 e. The molecule has 3 aromatic carbocycles. The summed E-state index contributed by atoms with van der Waals surface area (Å²) in [5.74, 6) is -0.459. The van der Waals surface area contributed by atoms with E-state index in [1.807, 2.05) is 0 Å². The highest BCUT2D eigenvalue weighted by Crippen LogP contribution is 2.34. The number of anilines is 1. The van der Waals surface area contributed by atoms with Crippen molar-refractivity contribution in [3.05, 3.63) is 87.4 Å². The second-order valence-electron chi connectivity index (χ2n) is 6.61. The zero-order valence-electron chi connectivity index (χ0n) is 17.2. The molecule has 3 rings (SSSR count). The molecule has 0 aliphatic carbocycles. The van der Waals surface area contributed by atoms with Gasteiger partial charge in [-0.1, -0.05) is 59.1 Å². The van der Waals surface area contributed by atoms with Gasteiger partial charge in [0.05, 0.1) is 34.0 Å². The van der Waals surface area contributed by atoms with Crippen molar-refractivity contribution in [1.29, 1.82) is 0 Å². The Morgan fingerprint density at radius 3 is 2.42 bits per heavy atom. The van der Waals surface area contributed by atoms with Gasteiger partial charge in [0.15, 0.2) is 0 Å². The Morgan fingerprint density at radius 2 is 1.76 bits per heavy atom. The largest absolute Gasteiger partial charge is 0.495 e. The van der Waals surface area contributed by atoms with Gasteiger partial charge in [-0.05, 0) is 48.0 Å². The molecular weight excluding hydrogens is 509 g/mol. The number of nitrogens with zero attached hydrogens (tertiary/aromatic N) is 2. The van der Waals surface area contributed by atoms with Crippen LogP contribution in [0.5, 0.6) is 5.75 Å². The summed E-state index contributed by atoms with van der Waals surface area (Å²) in [4.78, 5) is 12.6. The smallest absolute Gasteiger partial charge is 0.264 e. The third kappa shape index (κ3) is 6.17. The van der Waals surface area contributed by atoms with Gasteiger partial charge in [0.25, 0.3) is 15.9 Å². The number of sulfonamides is 1. The molecule has 0 radical (unpaired) electrons. The monoisotopic (exact) mass is 525 g/mol. The summed E-state index contributed by atoms with van der Waals surface area (Å²) < 4.78 is 33.0. The number of amides is 1. The van der Waals surface area contributed by atoms with Crippen molar-refractivity contribution in [3.8, 4) is 5.75 Å². The Bertz CT molecular complexity index is 1290. The van der Waals surface area contributed by atoms with Crippen LogP contribution in [0.3, 0.4) is 0 Å². The Hall–Kier alpha value is -2.78. The minimum Gasteiger partial charge on any atom is -0.495 e. The Morgan fingerprint density at radius 1 is 1.03 bits per heavy atom. The SMILES string of the molecule is COc1ccc(Cl)cc1N(CC(=O)N/N=C\c1ccc(Cl)c(Cl)c1)S(=O)(=O)c1ccccc1. The molecule has 0 spiro atoms. The van der Waals surface area contributed by atoms with Crippen LogP contribution >= 0.6 is 34.8 Å². The molecule has 0 atom stereocenters. The minimum atomic E-state index is -4.14. The van der Waals surface area contributed by atoms with Gasteiger partial charge in [0.1, 0.15) is 12.3 Å². The summed E-state index contributed by atoms with van der Waals surface area (Å²) in [6.45, 7) is -0.577. The first-order valence-electron chi connectivity index (χ1n) is 9.40. The summed E-state index contributed by atoms with van der Waals surface area (Å²) in [6.07, 6.45) is 1.36. The lowest BCUT2D eigenvalue weighted by atomic mass is 10.2. The molecule has 172 valence electrons. The zero-order chi connectivity index (χ0) is 24.0. The molecular formula is C22H18Cl3N3O4S. The van der Waals surface area contributed by atoms with Gasteiger partial charge in [0.2, 0.25) is 0 Å². The summed E-state index contributed by atoms with van der Waals surface area (Å²) in [7, 11) is -2.75. The lowest BCUT2D eigenvalue weighted by Crippen LogP contribution is -2.39. The van der Waals surface area contributed by atoms with Crippen molar-refractivity contribution >= 4 is 62.6 Å². The molecule has 33 heavy (non-hydrogen) atoms. The van der Waals surface area contributed by atoms with E-state index in [0.29, 0.717) is 15.6 Å². The molecule has 0 saturated heterocycles. The number of benzene rings is 3. The molecule has 1 N–H and O–H groups in total. The van der Waals surface area contributed by atoms with Gasteiger partial charge < -0.3 is 4.74 Å². The van der Waals surface area contributed by atoms with E-state index in [9.17, 15) is 13.2 Å². The number of ether oxygens (including phenoxy) is 1. The van der Waals surface area contributed by atoms with Crippen LogP contribution in [0.2, 0.25) is 15.1 Å². The maximum absolute atomic E-state index is 13.4. The normalized spacial score (nSPS) is 11.4. The molecule has 1 amide bonds. The minimum absolute atomic E-state index is 0.000800. The van der Waals surface area contributed by atoms with Crippen LogP contribution in [0.15, 0.2) is 76.7 Å². The lowest BCUT2D eigenvalue weighted by Gasteiger charge is -2.25. The summed E-state index contributed by atoms with van der Waals surface area (Å²) >= 11 is 18.0. The number of rotatable bonds is 8. The highest BCUT2D eigenvalue weighted by atomic mass is 35.5. The molecule has 0 aromatic heterocycles. The van der Waals surface area contributed by atoms with Crippen LogP contribution in [0.4, 0.5) is 5.69 Å². The van der Waals surface area contributed by atoms with E-state index in [0.717, 1.165) is 4.31 Å². The second-order valence-corrected chi connectivity index (χ2v) is 9.72. The first-order chi connectivity index (χ1) is 15.7. The first-order valence-corrected chi connectivity index (χ1v) is 12.0. The number of halogens is 3. The van der Waals surface area contributed by atoms with Gasteiger partial charge in [0, 0.05) is 5.02 Å². The maximum atomic E-state index is 13.4. The van der Waals surface area contributed by atoms with Gasteiger partial charge >= 0.3 is 0 Å². The molecule has 0 heterocycles. The summed E-state index contributed by atoms with van der Waals surface area (Å²) in [6, 6.07) is 17.0. The number of hydrogen-bond acceptors (Lipinski definition) is 5. The fourth-order valence-corrected chi connectivity index (χ4v) is 4.73. The third-order valence-electron chi connectivity index (χ3n) is 4.37. The average molecular weight is 527 g/mol. The third-order valence-corrected chi connectivity index (χ3v) is 7.12. The highest BCUT2D eigenvalue weighted by molar-refractivity contribution is 7.92. The number of carbonyl (C=O) groups is 1. The van der Waals surface area contributed by atoms with Crippen molar-refractivity contribution in [2.45, 2.75) is 4.90 Å². The summed E-state index contributed by atoms with van der Waals surface area (Å²) in [5.41, 5.74) is 3.02. The number of methoxy groups -OCH3 is 1. The molecule has 3 aromatic rings.